The number of anilines is 1. The number of morpholine rings is 1. The van der Waals surface area contributed by atoms with Gasteiger partial charge in [0.15, 0.2) is 0 Å². The number of para-hydroxylation sites is 1. The van der Waals surface area contributed by atoms with Gasteiger partial charge in [-0.15, -0.1) is 0 Å². The normalized spacial score (nSPS) is 19.5. The lowest BCUT2D eigenvalue weighted by molar-refractivity contribution is -0.138. The van der Waals surface area contributed by atoms with Crippen molar-refractivity contribution in [3.05, 3.63) is 29.3 Å². The van der Waals surface area contributed by atoms with E-state index in [1.165, 1.54) is 0 Å². The van der Waals surface area contributed by atoms with Gasteiger partial charge in [-0.2, -0.15) is 0 Å². The van der Waals surface area contributed by atoms with Gasteiger partial charge in [-0.3, -0.25) is 9.59 Å². The first-order chi connectivity index (χ1) is 9.09. The second-order valence-corrected chi connectivity index (χ2v) is 4.72. The van der Waals surface area contributed by atoms with E-state index < -0.39 is 5.97 Å². The molecule has 19 heavy (non-hydrogen) atoms. The Hall–Kier alpha value is -1.59. The first-order valence-electron chi connectivity index (χ1n) is 5.95. The fourth-order valence-corrected chi connectivity index (χ4v) is 2.34. The molecule has 1 unspecified atom stereocenters. The van der Waals surface area contributed by atoms with Crippen molar-refractivity contribution >= 4 is 29.2 Å². The van der Waals surface area contributed by atoms with Crippen molar-refractivity contribution in [1.82, 2.24) is 0 Å². The van der Waals surface area contributed by atoms with Crippen molar-refractivity contribution in [2.45, 2.75) is 18.9 Å². The topological polar surface area (TPSA) is 66.8 Å². The summed E-state index contributed by atoms with van der Waals surface area (Å²) < 4.78 is 5.19. The van der Waals surface area contributed by atoms with Crippen LogP contribution in [-0.2, 0) is 14.3 Å². The van der Waals surface area contributed by atoms with Gasteiger partial charge in [-0.25, -0.2) is 0 Å². The summed E-state index contributed by atoms with van der Waals surface area (Å²) in [6.07, 6.45) is 0.328. The molecule has 0 aromatic heterocycles. The number of aliphatic carboxylic acids is 1. The molecular formula is C13H14ClNO4. The van der Waals surface area contributed by atoms with E-state index >= 15 is 0 Å². The Morgan fingerprint density at radius 2 is 2.21 bits per heavy atom. The Morgan fingerprint density at radius 3 is 2.89 bits per heavy atom. The van der Waals surface area contributed by atoms with Crippen molar-refractivity contribution in [1.29, 1.82) is 0 Å². The SMILES string of the molecule is O=C(O)CCC1COCC(=O)N1c1ccccc1Cl. The van der Waals surface area contributed by atoms with E-state index in [2.05, 4.69) is 0 Å². The first-order valence-corrected chi connectivity index (χ1v) is 6.33. The zero-order chi connectivity index (χ0) is 13.8. The molecule has 0 radical (unpaired) electrons. The second kappa shape index (κ2) is 6.04. The van der Waals surface area contributed by atoms with Crippen LogP contribution < -0.4 is 4.90 Å². The van der Waals surface area contributed by atoms with E-state index in [9.17, 15) is 9.59 Å². The molecule has 1 aromatic carbocycles. The molecular weight excluding hydrogens is 270 g/mol. The molecule has 1 atom stereocenters. The Bertz CT molecular complexity index is 491. The average Bonchev–Trinajstić information content (AvgIpc) is 2.37. The number of carbonyl (C=O) groups is 2. The van der Waals surface area contributed by atoms with E-state index in [0.717, 1.165) is 0 Å². The highest BCUT2D eigenvalue weighted by atomic mass is 35.5. The largest absolute Gasteiger partial charge is 0.481 e. The molecule has 6 heteroatoms. The molecule has 0 aliphatic carbocycles. The Labute approximate surface area is 115 Å². The van der Waals surface area contributed by atoms with Crippen molar-refractivity contribution in [2.75, 3.05) is 18.1 Å². The summed E-state index contributed by atoms with van der Waals surface area (Å²) in [5.74, 6) is -1.09. The Balaban J connectivity index is 2.23. The summed E-state index contributed by atoms with van der Waals surface area (Å²) in [6, 6.07) is 6.73. The number of benzene rings is 1. The van der Waals surface area contributed by atoms with Crippen molar-refractivity contribution in [2.24, 2.45) is 0 Å². The van der Waals surface area contributed by atoms with E-state index in [1.807, 2.05) is 0 Å². The molecule has 1 amide bonds. The van der Waals surface area contributed by atoms with Crippen LogP contribution in [0, 0.1) is 0 Å². The minimum Gasteiger partial charge on any atom is -0.481 e. The molecule has 1 heterocycles. The molecule has 0 saturated carbocycles. The number of carboxylic acid groups (broad SMARTS) is 1. The summed E-state index contributed by atoms with van der Waals surface area (Å²) >= 11 is 6.10. The van der Waals surface area contributed by atoms with Gasteiger partial charge < -0.3 is 14.7 Å². The lowest BCUT2D eigenvalue weighted by Crippen LogP contribution is -2.50. The number of amides is 1. The molecule has 2 rings (SSSR count). The fourth-order valence-electron chi connectivity index (χ4n) is 2.11. The maximum atomic E-state index is 12.0. The predicted octanol–water partition coefficient (Wildman–Crippen LogP) is 1.94. The molecule has 1 aliphatic heterocycles. The molecule has 102 valence electrons. The van der Waals surface area contributed by atoms with Crippen LogP contribution in [0.2, 0.25) is 5.02 Å². The maximum Gasteiger partial charge on any atom is 0.303 e. The first kappa shape index (κ1) is 13.8. The van der Waals surface area contributed by atoms with Gasteiger partial charge in [0.05, 0.1) is 23.4 Å². The minimum absolute atomic E-state index is 0.00516. The van der Waals surface area contributed by atoms with E-state index in [1.54, 1.807) is 29.2 Å². The number of carboxylic acids is 1. The molecule has 0 spiro atoms. The second-order valence-electron chi connectivity index (χ2n) is 4.32. The number of halogens is 1. The summed E-state index contributed by atoms with van der Waals surface area (Å²) in [7, 11) is 0. The van der Waals surface area contributed by atoms with Crippen LogP contribution >= 0.6 is 11.6 Å². The highest BCUT2D eigenvalue weighted by Gasteiger charge is 2.31. The van der Waals surface area contributed by atoms with Crippen molar-refractivity contribution in [3.63, 3.8) is 0 Å². The molecule has 1 saturated heterocycles. The molecule has 5 nitrogen and oxygen atoms in total. The number of ether oxygens (including phenoxy) is 1. The number of nitrogens with zero attached hydrogens (tertiary/aromatic N) is 1. The lowest BCUT2D eigenvalue weighted by Gasteiger charge is -2.35. The highest BCUT2D eigenvalue weighted by molar-refractivity contribution is 6.33. The number of hydrogen-bond acceptors (Lipinski definition) is 3. The average molecular weight is 284 g/mol. The summed E-state index contributed by atoms with van der Waals surface area (Å²) in [5.41, 5.74) is 0.604. The standard InChI is InChI=1S/C13H14ClNO4/c14-10-3-1-2-4-11(10)15-9(5-6-13(17)18)7-19-8-12(15)16/h1-4,9H,5-8H2,(H,17,18). The number of carbonyl (C=O) groups excluding carboxylic acids is 1. The Morgan fingerprint density at radius 1 is 1.47 bits per heavy atom. The van der Waals surface area contributed by atoms with Gasteiger partial charge in [-0.1, -0.05) is 23.7 Å². The molecule has 0 bridgehead atoms. The van der Waals surface area contributed by atoms with Crippen LogP contribution in [0.5, 0.6) is 0 Å². The summed E-state index contributed by atoms with van der Waals surface area (Å²) in [6.45, 7) is 0.318. The number of hydrogen-bond donors (Lipinski definition) is 1. The van der Waals surface area contributed by atoms with Crippen LogP contribution in [-0.4, -0.2) is 36.2 Å². The van der Waals surface area contributed by atoms with Crippen molar-refractivity contribution < 1.29 is 19.4 Å². The number of rotatable bonds is 4. The molecule has 1 aromatic rings. The van der Waals surface area contributed by atoms with Gasteiger partial charge in [0.2, 0.25) is 0 Å². The Kier molecular flexibility index (Phi) is 4.39. The molecule has 1 N–H and O–H groups in total. The summed E-state index contributed by atoms with van der Waals surface area (Å²) in [5, 5.41) is 9.22. The van der Waals surface area contributed by atoms with E-state index in [4.69, 9.17) is 21.4 Å². The van der Waals surface area contributed by atoms with E-state index in [0.29, 0.717) is 23.7 Å². The molecule has 1 fully saturated rings. The monoisotopic (exact) mass is 283 g/mol. The van der Waals surface area contributed by atoms with E-state index in [-0.39, 0.29) is 25.0 Å². The van der Waals surface area contributed by atoms with Crippen molar-refractivity contribution in [3.8, 4) is 0 Å². The fraction of sp³-hybridized carbons (Fsp3) is 0.385. The van der Waals surface area contributed by atoms with Gasteiger partial charge in [0.1, 0.15) is 6.61 Å². The van der Waals surface area contributed by atoms with Crippen LogP contribution in [0.25, 0.3) is 0 Å². The predicted molar refractivity (Wildman–Crippen MR) is 70.4 cm³/mol. The van der Waals surface area contributed by atoms with Crippen LogP contribution in [0.15, 0.2) is 24.3 Å². The highest BCUT2D eigenvalue weighted by Crippen LogP contribution is 2.29. The third-order valence-corrected chi connectivity index (χ3v) is 3.29. The van der Waals surface area contributed by atoms with Crippen LogP contribution in [0.3, 0.4) is 0 Å². The lowest BCUT2D eigenvalue weighted by atomic mass is 10.1. The minimum atomic E-state index is -0.892. The summed E-state index contributed by atoms with van der Waals surface area (Å²) in [4.78, 5) is 24.2. The third-order valence-electron chi connectivity index (χ3n) is 2.97. The zero-order valence-electron chi connectivity index (χ0n) is 10.2. The smallest absolute Gasteiger partial charge is 0.303 e. The quantitative estimate of drug-likeness (QED) is 0.917. The van der Waals surface area contributed by atoms with Crippen LogP contribution in [0.1, 0.15) is 12.8 Å². The van der Waals surface area contributed by atoms with Gasteiger partial charge >= 0.3 is 5.97 Å². The van der Waals surface area contributed by atoms with Gasteiger partial charge in [0, 0.05) is 6.42 Å². The third kappa shape index (κ3) is 3.24. The van der Waals surface area contributed by atoms with Gasteiger partial charge in [-0.05, 0) is 18.6 Å². The van der Waals surface area contributed by atoms with Gasteiger partial charge in [0.25, 0.3) is 5.91 Å². The van der Waals surface area contributed by atoms with Crippen LogP contribution in [0.4, 0.5) is 5.69 Å². The molecule has 1 aliphatic rings. The zero-order valence-corrected chi connectivity index (χ0v) is 11.0. The maximum absolute atomic E-state index is 12.0.